The highest BCUT2D eigenvalue weighted by molar-refractivity contribution is 5.82. The van der Waals surface area contributed by atoms with E-state index in [1.54, 1.807) is 0 Å². The smallest absolute Gasteiger partial charge is 0.220 e. The molecule has 1 aliphatic rings. The minimum absolute atomic E-state index is 0.00195. The number of ether oxygens (including phenoxy) is 1. The standard InChI is InChI=1S/C10H12N8O4/c11-7-4-8(15-10(14-7)16-17-12)18(2-13-4)9-6(21)5(20)3(1-19)22-9/h2-3,5-6,9,19-21H,1H2,(H2,11,14,15)/t3-,5?,6?,9-/m1/s1. The van der Waals surface area contributed by atoms with Crippen molar-refractivity contribution in [3.05, 3.63) is 16.8 Å². The maximum Gasteiger partial charge on any atom is 0.220 e. The lowest BCUT2D eigenvalue weighted by Crippen LogP contribution is -2.33. The first-order valence-electron chi connectivity index (χ1n) is 6.24. The fourth-order valence-electron chi connectivity index (χ4n) is 2.31. The summed E-state index contributed by atoms with van der Waals surface area (Å²) in [6.07, 6.45) is -3.22. The third-order valence-corrected chi connectivity index (χ3v) is 3.36. The lowest BCUT2D eigenvalue weighted by atomic mass is 10.1. The number of aromatic nitrogens is 4. The molecular formula is C10H12N8O4. The molecule has 12 heteroatoms. The van der Waals surface area contributed by atoms with E-state index in [4.69, 9.17) is 21.1 Å². The van der Waals surface area contributed by atoms with Gasteiger partial charge in [-0.15, -0.1) is 0 Å². The summed E-state index contributed by atoms with van der Waals surface area (Å²) in [6, 6.07) is 0. The van der Waals surface area contributed by atoms with Gasteiger partial charge in [-0.3, -0.25) is 4.57 Å². The van der Waals surface area contributed by atoms with E-state index in [-0.39, 0.29) is 22.9 Å². The van der Waals surface area contributed by atoms with Crippen LogP contribution >= 0.6 is 0 Å². The minimum Gasteiger partial charge on any atom is -0.394 e. The van der Waals surface area contributed by atoms with E-state index in [1.807, 2.05) is 0 Å². The van der Waals surface area contributed by atoms with Crippen LogP contribution in [0.2, 0.25) is 0 Å². The van der Waals surface area contributed by atoms with Gasteiger partial charge in [-0.2, -0.15) is 0 Å². The fourth-order valence-corrected chi connectivity index (χ4v) is 2.31. The van der Waals surface area contributed by atoms with Gasteiger partial charge in [0.2, 0.25) is 5.95 Å². The van der Waals surface area contributed by atoms with Crippen LogP contribution in [0.3, 0.4) is 0 Å². The SMILES string of the molecule is [N-]=[N+]=Nc1nc(N)c2ncn([C@@H]3O[C@H](CO)C(O)C3O)c2n1. The molecule has 0 aliphatic carbocycles. The Labute approximate surface area is 122 Å². The molecule has 4 atom stereocenters. The first kappa shape index (κ1) is 14.4. The highest BCUT2D eigenvalue weighted by Crippen LogP contribution is 2.32. The molecule has 2 aromatic rings. The van der Waals surface area contributed by atoms with Crippen molar-refractivity contribution in [2.45, 2.75) is 24.5 Å². The van der Waals surface area contributed by atoms with Gasteiger partial charge >= 0.3 is 0 Å². The van der Waals surface area contributed by atoms with Crippen LogP contribution in [0.15, 0.2) is 11.4 Å². The molecule has 5 N–H and O–H groups in total. The molecule has 0 amide bonds. The monoisotopic (exact) mass is 308 g/mol. The number of anilines is 1. The van der Waals surface area contributed by atoms with Crippen molar-refractivity contribution >= 4 is 22.9 Å². The molecule has 116 valence electrons. The Hall–Kier alpha value is -2.50. The number of aliphatic hydroxyl groups is 3. The van der Waals surface area contributed by atoms with Crippen LogP contribution in [0, 0.1) is 0 Å². The van der Waals surface area contributed by atoms with Crippen molar-refractivity contribution in [1.82, 2.24) is 19.5 Å². The summed E-state index contributed by atoms with van der Waals surface area (Å²) in [5.41, 5.74) is 14.6. The average molecular weight is 308 g/mol. The predicted molar refractivity (Wildman–Crippen MR) is 71.6 cm³/mol. The molecular weight excluding hydrogens is 296 g/mol. The number of imidazole rings is 1. The highest BCUT2D eigenvalue weighted by Gasteiger charge is 2.44. The summed E-state index contributed by atoms with van der Waals surface area (Å²) in [5, 5.41) is 32.2. The van der Waals surface area contributed by atoms with Crippen LogP contribution in [0.25, 0.3) is 21.6 Å². The Morgan fingerprint density at radius 2 is 2.18 bits per heavy atom. The van der Waals surface area contributed by atoms with E-state index in [2.05, 4.69) is 25.0 Å². The molecule has 1 aliphatic heterocycles. The molecule has 2 unspecified atom stereocenters. The van der Waals surface area contributed by atoms with Crippen LogP contribution < -0.4 is 5.73 Å². The predicted octanol–water partition coefficient (Wildman–Crippen LogP) is -1.04. The first-order valence-corrected chi connectivity index (χ1v) is 6.24. The summed E-state index contributed by atoms with van der Waals surface area (Å²) < 4.78 is 6.72. The number of rotatable bonds is 3. The lowest BCUT2D eigenvalue weighted by molar-refractivity contribution is -0.0511. The molecule has 22 heavy (non-hydrogen) atoms. The first-order chi connectivity index (χ1) is 10.6. The number of hydrogen-bond acceptors (Lipinski definition) is 9. The molecule has 0 aromatic carbocycles. The van der Waals surface area contributed by atoms with E-state index in [9.17, 15) is 10.2 Å². The summed E-state index contributed by atoms with van der Waals surface area (Å²) >= 11 is 0. The number of aliphatic hydroxyl groups excluding tert-OH is 3. The molecule has 0 radical (unpaired) electrons. The van der Waals surface area contributed by atoms with E-state index < -0.39 is 31.1 Å². The average Bonchev–Trinajstić information content (AvgIpc) is 3.03. The molecule has 3 rings (SSSR count). The second-order valence-corrected chi connectivity index (χ2v) is 4.65. The zero-order chi connectivity index (χ0) is 15.9. The van der Waals surface area contributed by atoms with Crippen molar-refractivity contribution < 1.29 is 20.1 Å². The van der Waals surface area contributed by atoms with E-state index in [0.717, 1.165) is 0 Å². The van der Waals surface area contributed by atoms with Crippen molar-refractivity contribution in [3.63, 3.8) is 0 Å². The van der Waals surface area contributed by atoms with Gasteiger partial charge in [-0.25, -0.2) is 15.0 Å². The zero-order valence-corrected chi connectivity index (χ0v) is 11.1. The molecule has 0 spiro atoms. The van der Waals surface area contributed by atoms with Crippen molar-refractivity contribution in [2.75, 3.05) is 12.3 Å². The largest absolute Gasteiger partial charge is 0.394 e. The Morgan fingerprint density at radius 3 is 2.82 bits per heavy atom. The Bertz CT molecular complexity index is 757. The molecule has 0 bridgehead atoms. The second kappa shape index (κ2) is 5.36. The maximum absolute atomic E-state index is 10.0. The number of azide groups is 1. The fraction of sp³-hybridized carbons (Fsp3) is 0.500. The van der Waals surface area contributed by atoms with Gasteiger partial charge in [-0.05, 0) is 10.6 Å². The van der Waals surface area contributed by atoms with E-state index >= 15 is 0 Å². The van der Waals surface area contributed by atoms with Crippen LogP contribution in [-0.2, 0) is 4.74 Å². The normalized spacial score (nSPS) is 28.0. The second-order valence-electron chi connectivity index (χ2n) is 4.65. The summed E-state index contributed by atoms with van der Waals surface area (Å²) in [4.78, 5) is 14.4. The lowest BCUT2D eigenvalue weighted by Gasteiger charge is -2.16. The van der Waals surface area contributed by atoms with Crippen LogP contribution in [-0.4, -0.2) is 59.8 Å². The maximum atomic E-state index is 10.0. The summed E-state index contributed by atoms with van der Waals surface area (Å²) in [5.74, 6) is -0.209. The molecule has 1 saturated heterocycles. The molecule has 2 aromatic heterocycles. The van der Waals surface area contributed by atoms with Crippen LogP contribution in [0.1, 0.15) is 6.23 Å². The Morgan fingerprint density at radius 1 is 1.41 bits per heavy atom. The minimum atomic E-state index is -1.30. The molecule has 1 fully saturated rings. The van der Waals surface area contributed by atoms with Gasteiger partial charge in [0, 0.05) is 4.91 Å². The summed E-state index contributed by atoms with van der Waals surface area (Å²) in [7, 11) is 0. The third kappa shape index (κ3) is 2.11. The topological polar surface area (TPSA) is 188 Å². The van der Waals surface area contributed by atoms with Gasteiger partial charge < -0.3 is 25.8 Å². The number of nitrogens with two attached hydrogens (primary N) is 1. The molecule has 0 saturated carbocycles. The van der Waals surface area contributed by atoms with Crippen molar-refractivity contribution in [1.29, 1.82) is 0 Å². The summed E-state index contributed by atoms with van der Waals surface area (Å²) in [6.45, 7) is -0.456. The zero-order valence-electron chi connectivity index (χ0n) is 11.1. The van der Waals surface area contributed by atoms with Crippen molar-refractivity contribution in [2.24, 2.45) is 5.11 Å². The van der Waals surface area contributed by atoms with Gasteiger partial charge in [0.05, 0.1) is 12.9 Å². The van der Waals surface area contributed by atoms with E-state index in [1.165, 1.54) is 10.9 Å². The Kier molecular flexibility index (Phi) is 3.52. The van der Waals surface area contributed by atoms with Gasteiger partial charge in [0.1, 0.15) is 23.8 Å². The van der Waals surface area contributed by atoms with Crippen LogP contribution in [0.5, 0.6) is 0 Å². The van der Waals surface area contributed by atoms with Gasteiger partial charge in [0.15, 0.2) is 17.7 Å². The van der Waals surface area contributed by atoms with E-state index in [0.29, 0.717) is 0 Å². The van der Waals surface area contributed by atoms with Crippen molar-refractivity contribution in [3.8, 4) is 0 Å². The third-order valence-electron chi connectivity index (χ3n) is 3.36. The van der Waals surface area contributed by atoms with Gasteiger partial charge in [-0.1, -0.05) is 0 Å². The quantitative estimate of drug-likeness (QED) is 0.314. The van der Waals surface area contributed by atoms with Crippen LogP contribution in [0.4, 0.5) is 11.8 Å². The number of nitrogens with zero attached hydrogens (tertiary/aromatic N) is 7. The number of hydrogen-bond donors (Lipinski definition) is 4. The highest BCUT2D eigenvalue weighted by atomic mass is 16.6. The Balaban J connectivity index is 2.10. The molecule has 3 heterocycles. The molecule has 12 nitrogen and oxygen atoms in total. The van der Waals surface area contributed by atoms with Gasteiger partial charge in [0.25, 0.3) is 0 Å². The number of fused-ring (bicyclic) bond motifs is 1. The number of nitrogen functional groups attached to an aromatic ring is 1.